The molecule has 0 heterocycles. The highest BCUT2D eigenvalue weighted by atomic mass is 19.4. The standard InChI is InChI=1S/C9H12F5NO3/c10-8(11,9(12,13)14)7(18)15-5-3-1-2-4-6(16)17/h1-5H2,(H,15,18)(H,16,17). The van der Waals surface area contributed by atoms with E-state index in [1.807, 2.05) is 0 Å². The predicted octanol–water partition coefficient (Wildman–Crippen LogP) is 1.95. The first-order valence-corrected chi connectivity index (χ1v) is 5.03. The Morgan fingerprint density at radius 3 is 2.00 bits per heavy atom. The molecule has 4 nitrogen and oxygen atoms in total. The molecular weight excluding hydrogens is 265 g/mol. The molecular formula is C9H12F5NO3. The first kappa shape index (κ1) is 16.6. The molecule has 0 bridgehead atoms. The van der Waals surface area contributed by atoms with Crippen molar-refractivity contribution in [1.82, 2.24) is 5.32 Å². The summed E-state index contributed by atoms with van der Waals surface area (Å²) in [5.74, 6) is -8.83. The van der Waals surface area contributed by atoms with Crippen LogP contribution in [0.1, 0.15) is 25.7 Å². The van der Waals surface area contributed by atoms with Crippen LogP contribution in [0.2, 0.25) is 0 Å². The van der Waals surface area contributed by atoms with Crippen molar-refractivity contribution in [3.63, 3.8) is 0 Å². The third-order valence-electron chi connectivity index (χ3n) is 1.99. The van der Waals surface area contributed by atoms with Gasteiger partial charge in [0.2, 0.25) is 0 Å². The van der Waals surface area contributed by atoms with Crippen molar-refractivity contribution < 1.29 is 36.6 Å². The Kier molecular flexibility index (Phi) is 5.99. The zero-order valence-corrected chi connectivity index (χ0v) is 9.19. The fraction of sp³-hybridized carbons (Fsp3) is 0.778. The van der Waals surface area contributed by atoms with Crippen molar-refractivity contribution in [2.75, 3.05) is 6.54 Å². The number of hydrogen-bond acceptors (Lipinski definition) is 2. The van der Waals surface area contributed by atoms with E-state index in [4.69, 9.17) is 5.11 Å². The maximum Gasteiger partial charge on any atom is 0.463 e. The van der Waals surface area contributed by atoms with Gasteiger partial charge < -0.3 is 10.4 Å². The number of unbranched alkanes of at least 4 members (excludes halogenated alkanes) is 2. The minimum atomic E-state index is -5.92. The molecule has 0 rings (SSSR count). The van der Waals surface area contributed by atoms with Crippen LogP contribution in [-0.4, -0.2) is 35.6 Å². The molecule has 0 aliphatic carbocycles. The van der Waals surface area contributed by atoms with Gasteiger partial charge in [-0.25, -0.2) is 0 Å². The summed E-state index contributed by atoms with van der Waals surface area (Å²) in [7, 11) is 0. The van der Waals surface area contributed by atoms with Gasteiger partial charge in [0.15, 0.2) is 0 Å². The van der Waals surface area contributed by atoms with Gasteiger partial charge in [0.05, 0.1) is 0 Å². The minimum absolute atomic E-state index is 0.118. The zero-order chi connectivity index (χ0) is 14.4. The fourth-order valence-corrected chi connectivity index (χ4v) is 1.02. The van der Waals surface area contributed by atoms with Gasteiger partial charge in [-0.2, -0.15) is 22.0 Å². The second-order valence-corrected chi connectivity index (χ2v) is 3.53. The van der Waals surface area contributed by atoms with Gasteiger partial charge >= 0.3 is 18.1 Å². The van der Waals surface area contributed by atoms with Crippen LogP contribution in [0.25, 0.3) is 0 Å². The van der Waals surface area contributed by atoms with Gasteiger partial charge in [0, 0.05) is 13.0 Å². The smallest absolute Gasteiger partial charge is 0.463 e. The lowest BCUT2D eigenvalue weighted by molar-refractivity contribution is -0.269. The molecule has 9 heteroatoms. The predicted molar refractivity (Wildman–Crippen MR) is 50.1 cm³/mol. The molecule has 18 heavy (non-hydrogen) atoms. The molecule has 0 saturated heterocycles. The number of carboxylic acids is 1. The van der Waals surface area contributed by atoms with Crippen molar-refractivity contribution in [3.8, 4) is 0 Å². The van der Waals surface area contributed by atoms with E-state index in [0.717, 1.165) is 0 Å². The summed E-state index contributed by atoms with van der Waals surface area (Å²) in [4.78, 5) is 20.7. The van der Waals surface area contributed by atoms with Crippen molar-refractivity contribution in [3.05, 3.63) is 0 Å². The number of carboxylic acid groups (broad SMARTS) is 1. The number of aliphatic carboxylic acids is 1. The van der Waals surface area contributed by atoms with Gasteiger partial charge in [0.1, 0.15) is 0 Å². The van der Waals surface area contributed by atoms with E-state index >= 15 is 0 Å². The lowest BCUT2D eigenvalue weighted by atomic mass is 10.2. The molecule has 0 spiro atoms. The Labute approximate surface area is 99.2 Å². The van der Waals surface area contributed by atoms with E-state index in [1.165, 1.54) is 5.32 Å². The van der Waals surface area contributed by atoms with Crippen molar-refractivity contribution in [2.24, 2.45) is 0 Å². The summed E-state index contributed by atoms with van der Waals surface area (Å²) in [5.41, 5.74) is 0. The third-order valence-corrected chi connectivity index (χ3v) is 1.99. The summed E-state index contributed by atoms with van der Waals surface area (Å²) in [6.45, 7) is -0.357. The maximum absolute atomic E-state index is 12.4. The van der Waals surface area contributed by atoms with Crippen LogP contribution in [-0.2, 0) is 9.59 Å². The quantitative estimate of drug-likeness (QED) is 0.552. The number of hydrogen-bond donors (Lipinski definition) is 2. The van der Waals surface area contributed by atoms with Crippen LogP contribution in [0.4, 0.5) is 22.0 Å². The molecule has 0 radical (unpaired) electrons. The first-order chi connectivity index (χ1) is 8.09. The highest BCUT2D eigenvalue weighted by Crippen LogP contribution is 2.35. The van der Waals surface area contributed by atoms with Crippen LogP contribution in [0, 0.1) is 0 Å². The molecule has 0 aliphatic rings. The topological polar surface area (TPSA) is 66.4 Å². The zero-order valence-electron chi connectivity index (χ0n) is 9.19. The normalized spacial score (nSPS) is 12.3. The molecule has 2 N–H and O–H groups in total. The Bertz CT molecular complexity index is 303. The molecule has 106 valence electrons. The Hall–Kier alpha value is -1.41. The molecule has 0 atom stereocenters. The molecule has 0 aromatic carbocycles. The number of alkyl halides is 5. The minimum Gasteiger partial charge on any atom is -0.481 e. The molecule has 0 aromatic rings. The maximum atomic E-state index is 12.4. The van der Waals surface area contributed by atoms with Gasteiger partial charge in [-0.05, 0) is 12.8 Å². The summed E-state index contributed by atoms with van der Waals surface area (Å²) >= 11 is 0. The highest BCUT2D eigenvalue weighted by Gasteiger charge is 2.63. The summed E-state index contributed by atoms with van der Waals surface area (Å²) in [5, 5.41) is 9.72. The Morgan fingerprint density at radius 2 is 1.56 bits per heavy atom. The lowest BCUT2D eigenvalue weighted by Crippen LogP contribution is -2.50. The number of halogens is 5. The van der Waals surface area contributed by atoms with Crippen molar-refractivity contribution in [1.29, 1.82) is 0 Å². The van der Waals surface area contributed by atoms with Crippen LogP contribution >= 0.6 is 0 Å². The SMILES string of the molecule is O=C(O)CCCCCNC(=O)C(F)(F)C(F)(F)F. The van der Waals surface area contributed by atoms with Crippen LogP contribution in [0.3, 0.4) is 0 Å². The highest BCUT2D eigenvalue weighted by molar-refractivity contribution is 5.84. The Morgan fingerprint density at radius 1 is 1.00 bits per heavy atom. The average Bonchev–Trinajstić information content (AvgIpc) is 2.20. The summed E-state index contributed by atoms with van der Waals surface area (Å²) < 4.78 is 60.0. The number of amides is 1. The van der Waals surface area contributed by atoms with Gasteiger partial charge in [-0.1, -0.05) is 6.42 Å². The molecule has 0 aromatic heterocycles. The van der Waals surface area contributed by atoms with Crippen LogP contribution in [0.5, 0.6) is 0 Å². The lowest BCUT2D eigenvalue weighted by Gasteiger charge is -2.18. The monoisotopic (exact) mass is 277 g/mol. The number of carbonyl (C=O) groups is 2. The van der Waals surface area contributed by atoms with E-state index in [-0.39, 0.29) is 25.8 Å². The molecule has 0 saturated carbocycles. The Balaban J connectivity index is 3.88. The van der Waals surface area contributed by atoms with Gasteiger partial charge in [-0.3, -0.25) is 9.59 Å². The van der Waals surface area contributed by atoms with Gasteiger partial charge in [0.25, 0.3) is 5.91 Å². The van der Waals surface area contributed by atoms with E-state index < -0.39 is 24.0 Å². The third kappa shape index (κ3) is 5.28. The van der Waals surface area contributed by atoms with Crippen LogP contribution < -0.4 is 5.32 Å². The molecule has 0 fully saturated rings. The second kappa shape index (κ2) is 6.50. The van der Waals surface area contributed by atoms with E-state index in [0.29, 0.717) is 6.42 Å². The average molecular weight is 277 g/mol. The largest absolute Gasteiger partial charge is 0.481 e. The van der Waals surface area contributed by atoms with Crippen molar-refractivity contribution >= 4 is 11.9 Å². The molecule has 1 amide bonds. The number of rotatable bonds is 7. The van der Waals surface area contributed by atoms with E-state index in [9.17, 15) is 31.5 Å². The fourth-order valence-electron chi connectivity index (χ4n) is 1.02. The summed E-state index contributed by atoms with van der Waals surface area (Å²) in [6, 6.07) is 0. The molecule has 0 unspecified atom stereocenters. The molecule has 0 aliphatic heterocycles. The van der Waals surface area contributed by atoms with E-state index in [1.54, 1.807) is 0 Å². The summed E-state index contributed by atoms with van der Waals surface area (Å²) in [6.07, 6.45) is -5.33. The number of nitrogens with one attached hydrogen (secondary N) is 1. The second-order valence-electron chi connectivity index (χ2n) is 3.53. The first-order valence-electron chi connectivity index (χ1n) is 5.03. The number of carbonyl (C=O) groups excluding carboxylic acids is 1. The van der Waals surface area contributed by atoms with Gasteiger partial charge in [-0.15, -0.1) is 0 Å². The van der Waals surface area contributed by atoms with Crippen molar-refractivity contribution in [2.45, 2.75) is 37.8 Å². The van der Waals surface area contributed by atoms with Crippen LogP contribution in [0.15, 0.2) is 0 Å². The van der Waals surface area contributed by atoms with E-state index in [2.05, 4.69) is 0 Å².